The molecule has 1 heterocycles. The monoisotopic (exact) mass is 303 g/mol. The summed E-state index contributed by atoms with van der Waals surface area (Å²) in [5.74, 6) is -2.49. The van der Waals surface area contributed by atoms with Gasteiger partial charge in [-0.25, -0.2) is 13.2 Å². The third kappa shape index (κ3) is 3.60. The molecule has 1 rings (SSSR count). The molecule has 0 aromatic carbocycles. The van der Waals surface area contributed by atoms with Crippen LogP contribution in [-0.2, 0) is 14.6 Å². The quantitative estimate of drug-likeness (QED) is 0.728. The molecule has 20 heavy (non-hydrogen) atoms. The lowest BCUT2D eigenvalue weighted by atomic mass is 10.3. The molecule has 0 aliphatic rings. The number of aromatic carboxylic acids is 1. The van der Waals surface area contributed by atoms with E-state index >= 15 is 0 Å². The Kier molecular flexibility index (Phi) is 5.32. The molecule has 1 atom stereocenters. The van der Waals surface area contributed by atoms with Crippen molar-refractivity contribution in [1.82, 2.24) is 5.32 Å². The standard InChI is InChI=1S/C12H17NO6S/c1-3-4-7-13-11(14)8(2)20(17,18)10-6-5-9(19-10)12(15)16/h5-6,8H,3-4,7H2,1-2H3,(H,13,14)(H,15,16). The summed E-state index contributed by atoms with van der Waals surface area (Å²) in [4.78, 5) is 22.4. The van der Waals surface area contributed by atoms with Crippen LogP contribution in [0.2, 0.25) is 0 Å². The van der Waals surface area contributed by atoms with Crippen molar-refractivity contribution in [3.05, 3.63) is 17.9 Å². The van der Waals surface area contributed by atoms with Gasteiger partial charge in [-0.2, -0.15) is 0 Å². The van der Waals surface area contributed by atoms with Gasteiger partial charge in [0.1, 0.15) is 5.25 Å². The fourth-order valence-corrected chi connectivity index (χ4v) is 2.61. The molecule has 7 nitrogen and oxygen atoms in total. The molecule has 8 heteroatoms. The summed E-state index contributed by atoms with van der Waals surface area (Å²) >= 11 is 0. The smallest absolute Gasteiger partial charge is 0.371 e. The van der Waals surface area contributed by atoms with Gasteiger partial charge in [-0.3, -0.25) is 4.79 Å². The Morgan fingerprint density at radius 1 is 1.40 bits per heavy atom. The summed E-state index contributed by atoms with van der Waals surface area (Å²) in [7, 11) is -4.03. The number of hydrogen-bond donors (Lipinski definition) is 2. The van der Waals surface area contributed by atoms with Crippen molar-refractivity contribution in [3.8, 4) is 0 Å². The van der Waals surface area contributed by atoms with E-state index in [-0.39, 0.29) is 0 Å². The first-order valence-corrected chi connectivity index (χ1v) is 7.70. The number of sulfone groups is 1. The summed E-state index contributed by atoms with van der Waals surface area (Å²) < 4.78 is 28.9. The Morgan fingerprint density at radius 2 is 2.05 bits per heavy atom. The first-order valence-electron chi connectivity index (χ1n) is 6.15. The van der Waals surface area contributed by atoms with Gasteiger partial charge in [-0.05, 0) is 25.5 Å². The van der Waals surface area contributed by atoms with E-state index in [1.165, 1.54) is 6.92 Å². The van der Waals surface area contributed by atoms with E-state index in [0.29, 0.717) is 6.54 Å². The van der Waals surface area contributed by atoms with E-state index in [2.05, 4.69) is 5.32 Å². The van der Waals surface area contributed by atoms with E-state index < -0.39 is 37.8 Å². The van der Waals surface area contributed by atoms with Crippen molar-refractivity contribution >= 4 is 21.7 Å². The minimum absolute atomic E-state index is 0.397. The SMILES string of the molecule is CCCCNC(=O)C(C)S(=O)(=O)c1ccc(C(=O)O)o1. The number of carbonyl (C=O) groups excluding carboxylic acids is 1. The summed E-state index contributed by atoms with van der Waals surface area (Å²) in [5, 5.41) is 9.34. The molecule has 1 amide bonds. The Labute approximate surface area is 116 Å². The van der Waals surface area contributed by atoms with Gasteiger partial charge in [-0.15, -0.1) is 0 Å². The second-order valence-corrected chi connectivity index (χ2v) is 6.46. The zero-order valence-corrected chi connectivity index (χ0v) is 12.1. The third-order valence-corrected chi connectivity index (χ3v) is 4.66. The highest BCUT2D eigenvalue weighted by Crippen LogP contribution is 2.19. The summed E-state index contributed by atoms with van der Waals surface area (Å²) in [5.41, 5.74) is 0. The Bertz CT molecular complexity index is 589. The Morgan fingerprint density at radius 3 is 2.55 bits per heavy atom. The lowest BCUT2D eigenvalue weighted by molar-refractivity contribution is -0.120. The van der Waals surface area contributed by atoms with E-state index in [4.69, 9.17) is 9.52 Å². The fourth-order valence-electron chi connectivity index (χ4n) is 1.44. The van der Waals surface area contributed by atoms with E-state index in [1.807, 2.05) is 6.92 Å². The predicted molar refractivity (Wildman–Crippen MR) is 70.2 cm³/mol. The van der Waals surface area contributed by atoms with Crippen LogP contribution in [0, 0.1) is 0 Å². The molecule has 1 unspecified atom stereocenters. The minimum Gasteiger partial charge on any atom is -0.475 e. The average Bonchev–Trinajstić information content (AvgIpc) is 2.88. The van der Waals surface area contributed by atoms with Crippen molar-refractivity contribution < 1.29 is 27.5 Å². The number of carbonyl (C=O) groups is 2. The highest BCUT2D eigenvalue weighted by molar-refractivity contribution is 7.92. The largest absolute Gasteiger partial charge is 0.475 e. The molecule has 1 aromatic rings. The zero-order valence-electron chi connectivity index (χ0n) is 11.3. The molecular formula is C12H17NO6S. The van der Waals surface area contributed by atoms with Crippen molar-refractivity contribution in [1.29, 1.82) is 0 Å². The van der Waals surface area contributed by atoms with Crippen LogP contribution in [-0.4, -0.2) is 37.2 Å². The lowest BCUT2D eigenvalue weighted by Gasteiger charge is -2.11. The van der Waals surface area contributed by atoms with E-state index in [9.17, 15) is 18.0 Å². The lowest BCUT2D eigenvalue weighted by Crippen LogP contribution is -2.38. The zero-order chi connectivity index (χ0) is 15.3. The van der Waals surface area contributed by atoms with Crippen LogP contribution in [0.3, 0.4) is 0 Å². The van der Waals surface area contributed by atoms with Gasteiger partial charge in [0, 0.05) is 6.54 Å². The fraction of sp³-hybridized carbons (Fsp3) is 0.500. The van der Waals surface area contributed by atoms with Gasteiger partial charge in [-0.1, -0.05) is 13.3 Å². The molecule has 0 aliphatic heterocycles. The summed E-state index contributed by atoms with van der Waals surface area (Å²) in [6, 6.07) is 2.07. The molecule has 1 aromatic heterocycles. The normalized spacial score (nSPS) is 12.9. The maximum absolute atomic E-state index is 12.1. The second-order valence-electron chi connectivity index (χ2n) is 4.26. The van der Waals surface area contributed by atoms with Crippen LogP contribution in [0.25, 0.3) is 0 Å². The highest BCUT2D eigenvalue weighted by Gasteiger charge is 2.32. The van der Waals surface area contributed by atoms with Gasteiger partial charge < -0.3 is 14.8 Å². The van der Waals surface area contributed by atoms with Crippen molar-refractivity contribution in [2.24, 2.45) is 0 Å². The molecular weight excluding hydrogens is 286 g/mol. The van der Waals surface area contributed by atoms with Crippen molar-refractivity contribution in [2.75, 3.05) is 6.54 Å². The molecule has 0 spiro atoms. The molecule has 112 valence electrons. The molecule has 0 radical (unpaired) electrons. The number of carboxylic acid groups (broad SMARTS) is 1. The number of hydrogen-bond acceptors (Lipinski definition) is 5. The molecule has 0 saturated carbocycles. The van der Waals surface area contributed by atoms with Gasteiger partial charge in [0.25, 0.3) is 0 Å². The number of nitrogens with one attached hydrogen (secondary N) is 1. The second kappa shape index (κ2) is 6.56. The van der Waals surface area contributed by atoms with Crippen LogP contribution in [0.4, 0.5) is 0 Å². The number of amides is 1. The predicted octanol–water partition coefficient (Wildman–Crippen LogP) is 1.06. The van der Waals surface area contributed by atoms with Crippen LogP contribution in [0.1, 0.15) is 37.2 Å². The molecule has 0 aliphatic carbocycles. The molecule has 0 fully saturated rings. The van der Waals surface area contributed by atoms with Gasteiger partial charge in [0.15, 0.2) is 0 Å². The Hall–Kier alpha value is -1.83. The van der Waals surface area contributed by atoms with Crippen LogP contribution < -0.4 is 5.32 Å². The van der Waals surface area contributed by atoms with E-state index in [0.717, 1.165) is 25.0 Å². The summed E-state index contributed by atoms with van der Waals surface area (Å²) in [6.45, 7) is 3.58. The molecule has 2 N–H and O–H groups in total. The Balaban J connectivity index is 2.86. The third-order valence-electron chi connectivity index (χ3n) is 2.74. The maximum Gasteiger partial charge on any atom is 0.371 e. The topological polar surface area (TPSA) is 114 Å². The minimum atomic E-state index is -4.03. The van der Waals surface area contributed by atoms with Crippen LogP contribution in [0.5, 0.6) is 0 Å². The van der Waals surface area contributed by atoms with E-state index in [1.54, 1.807) is 0 Å². The summed E-state index contributed by atoms with van der Waals surface area (Å²) in [6.07, 6.45) is 1.63. The highest BCUT2D eigenvalue weighted by atomic mass is 32.2. The van der Waals surface area contributed by atoms with Gasteiger partial charge in [0.05, 0.1) is 0 Å². The first-order chi connectivity index (χ1) is 9.30. The van der Waals surface area contributed by atoms with Gasteiger partial charge in [0.2, 0.25) is 26.6 Å². The number of furan rings is 1. The first kappa shape index (κ1) is 16.2. The van der Waals surface area contributed by atoms with Crippen LogP contribution in [0.15, 0.2) is 21.6 Å². The van der Waals surface area contributed by atoms with Crippen molar-refractivity contribution in [3.63, 3.8) is 0 Å². The molecule has 0 bridgehead atoms. The van der Waals surface area contributed by atoms with Crippen molar-refractivity contribution in [2.45, 2.75) is 37.0 Å². The van der Waals surface area contributed by atoms with Gasteiger partial charge >= 0.3 is 5.97 Å². The number of rotatable bonds is 7. The number of unbranched alkanes of at least 4 members (excludes halogenated alkanes) is 1. The maximum atomic E-state index is 12.1. The number of carboxylic acids is 1. The van der Waals surface area contributed by atoms with Crippen LogP contribution >= 0.6 is 0 Å². The molecule has 0 saturated heterocycles. The average molecular weight is 303 g/mol.